The van der Waals surface area contributed by atoms with Gasteiger partial charge in [0.25, 0.3) is 0 Å². The molecule has 7 heteroatoms. The highest BCUT2D eigenvalue weighted by Crippen LogP contribution is 2.17. The van der Waals surface area contributed by atoms with Gasteiger partial charge in [0, 0.05) is 35.8 Å². The van der Waals surface area contributed by atoms with E-state index in [4.69, 9.17) is 5.26 Å². The van der Waals surface area contributed by atoms with Crippen molar-refractivity contribution >= 4 is 40.8 Å². The van der Waals surface area contributed by atoms with Crippen molar-refractivity contribution in [2.75, 3.05) is 13.1 Å². The van der Waals surface area contributed by atoms with E-state index in [2.05, 4.69) is 32.7 Å². The number of nitrogens with one attached hydrogen (secondary N) is 3. The van der Waals surface area contributed by atoms with E-state index in [1.807, 2.05) is 31.3 Å². The van der Waals surface area contributed by atoms with Crippen LogP contribution in [0.5, 0.6) is 0 Å². The van der Waals surface area contributed by atoms with Gasteiger partial charge in [0.2, 0.25) is 0 Å². The molecule has 0 radical (unpaired) electrons. The van der Waals surface area contributed by atoms with Gasteiger partial charge < -0.3 is 15.6 Å². The first-order valence-electron chi connectivity index (χ1n) is 8.97. The van der Waals surface area contributed by atoms with E-state index in [0.717, 1.165) is 18.5 Å². The van der Waals surface area contributed by atoms with E-state index >= 15 is 0 Å². The van der Waals surface area contributed by atoms with Crippen molar-refractivity contribution in [3.05, 3.63) is 71.2 Å². The molecule has 28 heavy (non-hydrogen) atoms. The summed E-state index contributed by atoms with van der Waals surface area (Å²) in [4.78, 5) is 7.72. The lowest BCUT2D eigenvalue weighted by molar-refractivity contribution is 0.609. The molecule has 0 fully saturated rings. The Morgan fingerprint density at radius 1 is 1.18 bits per heavy atom. The Hall–Kier alpha value is -2.60. The number of fused-ring (bicyclic) bond motifs is 1. The molecule has 0 bridgehead atoms. The van der Waals surface area contributed by atoms with Crippen molar-refractivity contribution in [1.29, 1.82) is 5.26 Å². The van der Waals surface area contributed by atoms with Gasteiger partial charge in [-0.3, -0.25) is 0 Å². The number of H-pyrrole nitrogens is 1. The molecule has 1 heterocycles. The number of hydrogen-bond acceptors (Lipinski definition) is 2. The van der Waals surface area contributed by atoms with Gasteiger partial charge in [0.15, 0.2) is 5.96 Å². The van der Waals surface area contributed by atoms with Crippen molar-refractivity contribution in [3.8, 4) is 6.07 Å². The summed E-state index contributed by atoms with van der Waals surface area (Å²) in [6.07, 6.45) is 2.88. The Morgan fingerprint density at radius 3 is 2.75 bits per heavy atom. The maximum absolute atomic E-state index is 14.0. The van der Waals surface area contributed by atoms with Gasteiger partial charge in [0.05, 0.1) is 18.2 Å². The molecule has 3 rings (SSSR count). The summed E-state index contributed by atoms with van der Waals surface area (Å²) < 4.78 is 14.0. The van der Waals surface area contributed by atoms with E-state index < -0.39 is 5.82 Å². The number of rotatable bonds is 6. The summed E-state index contributed by atoms with van der Waals surface area (Å²) in [6.45, 7) is 3.62. The molecule has 3 N–H and O–H groups in total. The number of nitriles is 1. The molecule has 5 nitrogen and oxygen atoms in total. The average molecular weight is 491 g/mol. The predicted molar refractivity (Wildman–Crippen MR) is 121 cm³/mol. The average Bonchev–Trinajstić information content (AvgIpc) is 3.10. The first kappa shape index (κ1) is 21.7. The highest BCUT2D eigenvalue weighted by molar-refractivity contribution is 14.0. The van der Waals surface area contributed by atoms with Crippen LogP contribution in [-0.4, -0.2) is 24.0 Å². The monoisotopic (exact) mass is 491 g/mol. The lowest BCUT2D eigenvalue weighted by Gasteiger charge is -2.11. The number of hydrogen-bond donors (Lipinski definition) is 3. The second-order valence-corrected chi connectivity index (χ2v) is 6.15. The zero-order valence-electron chi connectivity index (χ0n) is 15.6. The number of aromatic amines is 1. The SMILES string of the molecule is CCNC(=NCc1ccc(C#N)cc1F)NCCc1c[nH]c2ccccc12.I. The molecule has 0 aliphatic rings. The first-order valence-corrected chi connectivity index (χ1v) is 8.97. The van der Waals surface area contributed by atoms with E-state index in [-0.39, 0.29) is 30.5 Å². The lowest BCUT2D eigenvalue weighted by Crippen LogP contribution is -2.38. The van der Waals surface area contributed by atoms with Gasteiger partial charge in [-0.2, -0.15) is 5.26 Å². The molecule has 1 aromatic heterocycles. The molecule has 0 amide bonds. The zero-order valence-corrected chi connectivity index (χ0v) is 18.0. The molecule has 0 aliphatic heterocycles. The van der Waals surface area contributed by atoms with Gasteiger partial charge in [0.1, 0.15) is 5.82 Å². The van der Waals surface area contributed by atoms with Gasteiger partial charge in [-0.25, -0.2) is 9.38 Å². The number of guanidine groups is 1. The van der Waals surface area contributed by atoms with Crippen molar-refractivity contribution in [2.24, 2.45) is 4.99 Å². The third-order valence-corrected chi connectivity index (χ3v) is 4.30. The van der Waals surface area contributed by atoms with Gasteiger partial charge >= 0.3 is 0 Å². The maximum atomic E-state index is 14.0. The molecule has 0 spiro atoms. The summed E-state index contributed by atoms with van der Waals surface area (Å²) in [5.41, 5.74) is 3.14. The van der Waals surface area contributed by atoms with Crippen molar-refractivity contribution in [1.82, 2.24) is 15.6 Å². The number of benzene rings is 2. The summed E-state index contributed by atoms with van der Waals surface area (Å²) in [6, 6.07) is 14.6. The minimum Gasteiger partial charge on any atom is -0.361 e. The fraction of sp³-hybridized carbons (Fsp3) is 0.238. The van der Waals surface area contributed by atoms with Crippen molar-refractivity contribution in [3.63, 3.8) is 0 Å². The number of halogens is 2. The highest BCUT2D eigenvalue weighted by atomic mass is 127. The number of nitrogens with zero attached hydrogens (tertiary/aromatic N) is 2. The topological polar surface area (TPSA) is 76.0 Å². The fourth-order valence-electron chi connectivity index (χ4n) is 2.91. The Balaban J connectivity index is 0.00000280. The van der Waals surface area contributed by atoms with Crippen LogP contribution in [0.2, 0.25) is 0 Å². The molecule has 0 saturated carbocycles. The summed E-state index contributed by atoms with van der Waals surface area (Å²) >= 11 is 0. The van der Waals surface area contributed by atoms with Crippen LogP contribution in [0.3, 0.4) is 0 Å². The largest absolute Gasteiger partial charge is 0.361 e. The molecule has 2 aromatic carbocycles. The van der Waals surface area contributed by atoms with Crippen LogP contribution < -0.4 is 10.6 Å². The first-order chi connectivity index (χ1) is 13.2. The second-order valence-electron chi connectivity index (χ2n) is 6.15. The number of para-hydroxylation sites is 1. The Labute approximate surface area is 181 Å². The predicted octanol–water partition coefficient (Wildman–Crippen LogP) is 4.09. The smallest absolute Gasteiger partial charge is 0.191 e. The van der Waals surface area contributed by atoms with Crippen LogP contribution in [0.4, 0.5) is 4.39 Å². The third kappa shape index (κ3) is 5.45. The molecule has 0 atom stereocenters. The summed E-state index contributed by atoms with van der Waals surface area (Å²) in [7, 11) is 0. The molecule has 3 aromatic rings. The lowest BCUT2D eigenvalue weighted by atomic mass is 10.1. The minimum atomic E-state index is -0.410. The van der Waals surface area contributed by atoms with E-state index in [1.54, 1.807) is 12.1 Å². The molecule has 0 unspecified atom stereocenters. The van der Waals surface area contributed by atoms with Gasteiger partial charge in [-0.05, 0) is 37.1 Å². The van der Waals surface area contributed by atoms with E-state index in [0.29, 0.717) is 23.6 Å². The van der Waals surface area contributed by atoms with E-state index in [1.165, 1.54) is 17.0 Å². The minimum absolute atomic E-state index is 0. The summed E-state index contributed by atoms with van der Waals surface area (Å²) in [5, 5.41) is 16.5. The van der Waals surface area contributed by atoms with Gasteiger partial charge in [-0.15, -0.1) is 24.0 Å². The molecular formula is C21H23FIN5. The number of aromatic nitrogens is 1. The Kier molecular flexibility index (Phi) is 8.26. The van der Waals surface area contributed by atoms with Crippen LogP contribution in [-0.2, 0) is 13.0 Å². The van der Waals surface area contributed by atoms with Crippen LogP contribution in [0.15, 0.2) is 53.7 Å². The maximum Gasteiger partial charge on any atom is 0.191 e. The molecule has 146 valence electrons. The highest BCUT2D eigenvalue weighted by Gasteiger charge is 2.05. The second kappa shape index (κ2) is 10.7. The zero-order chi connectivity index (χ0) is 19.1. The number of aliphatic imine (C=N–C) groups is 1. The van der Waals surface area contributed by atoms with Gasteiger partial charge in [-0.1, -0.05) is 24.3 Å². The van der Waals surface area contributed by atoms with Crippen LogP contribution >= 0.6 is 24.0 Å². The third-order valence-electron chi connectivity index (χ3n) is 4.30. The van der Waals surface area contributed by atoms with Crippen LogP contribution in [0, 0.1) is 17.1 Å². The summed E-state index contributed by atoms with van der Waals surface area (Å²) in [5.74, 6) is 0.230. The Bertz CT molecular complexity index is 990. The normalized spacial score (nSPS) is 11.0. The Morgan fingerprint density at radius 2 is 2.00 bits per heavy atom. The fourth-order valence-corrected chi connectivity index (χ4v) is 2.91. The standard InChI is InChI=1S/C21H22FN5.HI/c1-2-24-21(27-14-17-8-7-15(12-23)11-19(17)22)25-10-9-16-13-26-20-6-4-3-5-18(16)20;/h3-8,11,13,26H,2,9-10,14H2,1H3,(H2,24,25,27);1H. The molecule has 0 aliphatic carbocycles. The van der Waals surface area contributed by atoms with Crippen molar-refractivity contribution in [2.45, 2.75) is 19.9 Å². The quantitative estimate of drug-likeness (QED) is 0.276. The molecule has 0 saturated heterocycles. The van der Waals surface area contributed by atoms with E-state index in [9.17, 15) is 4.39 Å². The molecular weight excluding hydrogens is 468 g/mol. The van der Waals surface area contributed by atoms with Crippen LogP contribution in [0.25, 0.3) is 10.9 Å². The van der Waals surface area contributed by atoms with Crippen LogP contribution in [0.1, 0.15) is 23.6 Å². The van der Waals surface area contributed by atoms with Crippen molar-refractivity contribution < 1.29 is 4.39 Å².